The van der Waals surface area contributed by atoms with Crippen LogP contribution in [0.3, 0.4) is 0 Å². The van der Waals surface area contributed by atoms with Crippen molar-refractivity contribution in [3.63, 3.8) is 0 Å². The van der Waals surface area contributed by atoms with Crippen LogP contribution in [0.5, 0.6) is 0 Å². The van der Waals surface area contributed by atoms with Crippen LogP contribution >= 0.6 is 0 Å². The first-order chi connectivity index (χ1) is 22.0. The number of nitrogens with zero attached hydrogens (tertiary/aromatic N) is 1. The van der Waals surface area contributed by atoms with Crippen molar-refractivity contribution in [3.8, 4) is 0 Å². The van der Waals surface area contributed by atoms with Crippen LogP contribution in [0.15, 0.2) is 66.9 Å². The number of esters is 2. The molecule has 0 amide bonds. The van der Waals surface area contributed by atoms with E-state index in [1.807, 2.05) is 87.6 Å². The first-order valence-corrected chi connectivity index (χ1v) is 19.3. The molecule has 3 aliphatic rings. The van der Waals surface area contributed by atoms with Gasteiger partial charge in [-0.05, 0) is 73.0 Å². The third kappa shape index (κ3) is 4.75. The van der Waals surface area contributed by atoms with E-state index in [1.54, 1.807) is 4.57 Å². The van der Waals surface area contributed by atoms with Gasteiger partial charge in [0.25, 0.3) is 0 Å². The zero-order valence-electron chi connectivity index (χ0n) is 29.2. The van der Waals surface area contributed by atoms with Crippen molar-refractivity contribution in [2.75, 3.05) is 14.2 Å². The molecule has 0 spiro atoms. The van der Waals surface area contributed by atoms with Crippen LogP contribution in [0.1, 0.15) is 81.3 Å². The molecule has 250 valence electrons. The summed E-state index contributed by atoms with van der Waals surface area (Å²) >= 11 is 0. The van der Waals surface area contributed by atoms with Gasteiger partial charge in [-0.2, -0.15) is 0 Å². The molecular formula is C38H47NO7Si. The maximum Gasteiger partial charge on any atom is 0.418 e. The third-order valence-electron chi connectivity index (χ3n) is 11.2. The van der Waals surface area contributed by atoms with E-state index in [2.05, 4.69) is 33.9 Å². The van der Waals surface area contributed by atoms with Crippen molar-refractivity contribution in [3.05, 3.63) is 94.8 Å². The highest BCUT2D eigenvalue weighted by atomic mass is 28.4. The number of carbonyl (C=O) groups is 3. The summed E-state index contributed by atoms with van der Waals surface area (Å²) in [5.74, 6) is -2.16. The van der Waals surface area contributed by atoms with Crippen LogP contribution in [0.25, 0.3) is 0 Å². The van der Waals surface area contributed by atoms with Crippen molar-refractivity contribution < 1.29 is 33.0 Å². The molecule has 0 unspecified atom stereocenters. The Morgan fingerprint density at radius 2 is 1.23 bits per heavy atom. The highest BCUT2D eigenvalue weighted by molar-refractivity contribution is 6.74. The molecule has 6 rings (SSSR count). The Morgan fingerprint density at radius 3 is 1.68 bits per heavy atom. The zero-order chi connectivity index (χ0) is 34.3. The number of fused-ring (bicyclic) bond motifs is 6. The van der Waals surface area contributed by atoms with Crippen molar-refractivity contribution in [1.29, 1.82) is 0 Å². The van der Waals surface area contributed by atoms with Gasteiger partial charge in [0.05, 0.1) is 20.8 Å². The number of benzene rings is 2. The molecule has 6 atom stereocenters. The topological polar surface area (TPSA) is 93.1 Å². The Kier molecular flexibility index (Phi) is 7.72. The van der Waals surface area contributed by atoms with Gasteiger partial charge < -0.3 is 18.6 Å². The lowest BCUT2D eigenvalue weighted by molar-refractivity contribution is -0.146. The SMILES string of the molecule is COC(=O)[C@]1(c2ccccc2)[C@@H]2[C@@H]3[C@@H](c4c(c(CO[Si](C)(C)C(C)(C)C)cn4C(=O)OC(C)(C)C)[C@H]21)[C@@]3(C(=O)OC)c1ccccc1. The van der Waals surface area contributed by atoms with Gasteiger partial charge in [-0.15, -0.1) is 0 Å². The summed E-state index contributed by atoms with van der Waals surface area (Å²) in [5, 5.41) is -0.0440. The summed E-state index contributed by atoms with van der Waals surface area (Å²) in [7, 11) is 0.591. The maximum absolute atomic E-state index is 14.3. The zero-order valence-corrected chi connectivity index (χ0v) is 30.2. The van der Waals surface area contributed by atoms with Crippen LogP contribution in [-0.2, 0) is 45.7 Å². The number of hydrogen-bond acceptors (Lipinski definition) is 7. The predicted molar refractivity (Wildman–Crippen MR) is 181 cm³/mol. The maximum atomic E-state index is 14.3. The number of carbonyl (C=O) groups excluding carboxylic acids is 3. The molecule has 1 heterocycles. The van der Waals surface area contributed by atoms with E-state index in [0.29, 0.717) is 5.69 Å². The highest BCUT2D eigenvalue weighted by Crippen LogP contribution is 2.86. The quantitative estimate of drug-likeness (QED) is 0.148. The monoisotopic (exact) mass is 657 g/mol. The molecule has 0 aliphatic heterocycles. The van der Waals surface area contributed by atoms with E-state index in [0.717, 1.165) is 22.3 Å². The summed E-state index contributed by atoms with van der Waals surface area (Å²) in [6.45, 7) is 16.7. The molecule has 0 bridgehead atoms. The molecule has 8 nitrogen and oxygen atoms in total. The first-order valence-electron chi connectivity index (χ1n) is 16.4. The van der Waals surface area contributed by atoms with Gasteiger partial charge in [-0.3, -0.25) is 14.2 Å². The van der Waals surface area contributed by atoms with Gasteiger partial charge in [-0.1, -0.05) is 81.4 Å². The minimum Gasteiger partial charge on any atom is -0.468 e. The van der Waals surface area contributed by atoms with Gasteiger partial charge in [-0.25, -0.2) is 4.79 Å². The van der Waals surface area contributed by atoms with Crippen molar-refractivity contribution in [2.45, 2.75) is 94.5 Å². The number of methoxy groups -OCH3 is 2. The molecular weight excluding hydrogens is 611 g/mol. The Bertz CT molecular complexity index is 1720. The van der Waals surface area contributed by atoms with Crippen LogP contribution < -0.4 is 0 Å². The summed E-state index contributed by atoms with van der Waals surface area (Å²) < 4.78 is 25.5. The Labute approximate surface area is 278 Å². The molecule has 0 radical (unpaired) electrons. The highest BCUT2D eigenvalue weighted by Gasteiger charge is 2.89. The van der Waals surface area contributed by atoms with E-state index >= 15 is 0 Å². The molecule has 2 fully saturated rings. The average molecular weight is 658 g/mol. The van der Waals surface area contributed by atoms with E-state index in [-0.39, 0.29) is 41.3 Å². The van der Waals surface area contributed by atoms with E-state index < -0.39 is 36.8 Å². The second-order valence-electron chi connectivity index (χ2n) is 15.8. The lowest BCUT2D eigenvalue weighted by atomic mass is 9.85. The second-order valence-corrected chi connectivity index (χ2v) is 20.6. The van der Waals surface area contributed by atoms with Gasteiger partial charge in [0.15, 0.2) is 8.32 Å². The molecule has 3 aliphatic carbocycles. The molecule has 2 saturated carbocycles. The van der Waals surface area contributed by atoms with Crippen LogP contribution in [-0.4, -0.2) is 50.7 Å². The molecule has 9 heteroatoms. The average Bonchev–Trinajstić information content (AvgIpc) is 3.86. The van der Waals surface area contributed by atoms with E-state index in [4.69, 9.17) is 18.6 Å². The van der Waals surface area contributed by atoms with E-state index in [9.17, 15) is 14.4 Å². The number of hydrogen-bond donors (Lipinski definition) is 0. The standard InChI is InChI=1S/C38H47NO7Si/c1-35(2,3)46-34(42)39-21-23(22-45-47(9,10)36(4,5)6)26-27-28(37(27,32(40)43-7)24-17-13-11-14-18-24)29-30(31(26)39)38(29,33(41)44-8)25-19-15-12-16-20-25/h11-21,27-30H,22H2,1-10H3/t27-,28+,29-,30+,37+,38-/m1/s1. The minimum absolute atomic E-state index is 0.0440. The van der Waals surface area contributed by atoms with Gasteiger partial charge in [0, 0.05) is 23.7 Å². The summed E-state index contributed by atoms with van der Waals surface area (Å²) in [6.07, 6.45) is 1.29. The fourth-order valence-electron chi connectivity index (χ4n) is 8.19. The van der Waals surface area contributed by atoms with Gasteiger partial charge in [0.2, 0.25) is 0 Å². The number of ether oxygens (including phenoxy) is 3. The minimum atomic E-state index is -2.23. The first kappa shape index (κ1) is 33.2. The second kappa shape index (κ2) is 10.9. The van der Waals surface area contributed by atoms with Gasteiger partial charge in [0.1, 0.15) is 16.4 Å². The summed E-state index contributed by atoms with van der Waals surface area (Å²) in [6, 6.07) is 19.3. The molecule has 1 aromatic heterocycles. The lowest BCUT2D eigenvalue weighted by Crippen LogP contribution is -2.40. The van der Waals surface area contributed by atoms with Crippen molar-refractivity contribution in [2.24, 2.45) is 11.8 Å². The fourth-order valence-corrected chi connectivity index (χ4v) is 9.14. The fraction of sp³-hybridized carbons (Fsp3) is 0.500. The molecule has 3 aromatic rings. The van der Waals surface area contributed by atoms with Crippen LogP contribution in [0.2, 0.25) is 18.1 Å². The summed E-state index contributed by atoms with van der Waals surface area (Å²) in [4.78, 5) is 42.6. The third-order valence-corrected chi connectivity index (χ3v) is 15.7. The predicted octanol–water partition coefficient (Wildman–Crippen LogP) is 7.46. The van der Waals surface area contributed by atoms with Crippen molar-refractivity contribution >= 4 is 26.3 Å². The van der Waals surface area contributed by atoms with E-state index in [1.165, 1.54) is 14.2 Å². The van der Waals surface area contributed by atoms with Gasteiger partial charge >= 0.3 is 18.0 Å². The normalized spacial score (nSPS) is 27.5. The van der Waals surface area contributed by atoms with Crippen LogP contribution in [0.4, 0.5) is 4.79 Å². The Balaban J connectivity index is 1.65. The molecule has 47 heavy (non-hydrogen) atoms. The molecule has 2 aromatic carbocycles. The number of aromatic nitrogens is 1. The smallest absolute Gasteiger partial charge is 0.418 e. The van der Waals surface area contributed by atoms with Crippen molar-refractivity contribution in [1.82, 2.24) is 4.57 Å². The Hall–Kier alpha value is -3.69. The summed E-state index contributed by atoms with van der Waals surface area (Å²) in [5.41, 5.74) is 1.06. The molecule has 0 N–H and O–H groups in total. The van der Waals surface area contributed by atoms with Crippen LogP contribution in [0, 0.1) is 11.8 Å². The Morgan fingerprint density at radius 1 is 0.766 bits per heavy atom. The largest absolute Gasteiger partial charge is 0.468 e. The lowest BCUT2D eigenvalue weighted by Gasteiger charge is -2.36. The number of rotatable bonds is 7. The molecule has 0 saturated heterocycles.